The molecule has 0 bridgehead atoms. The van der Waals surface area contributed by atoms with Gasteiger partial charge in [-0.3, -0.25) is 9.36 Å². The number of thiophene rings is 1. The van der Waals surface area contributed by atoms with Crippen LogP contribution in [0.1, 0.15) is 45.5 Å². The van der Waals surface area contributed by atoms with Gasteiger partial charge in [0.2, 0.25) is 0 Å². The van der Waals surface area contributed by atoms with Crippen molar-refractivity contribution in [3.05, 3.63) is 95.0 Å². The molecule has 1 aliphatic carbocycles. The third kappa shape index (κ3) is 3.44. The standard InChI is InChI=1S/C26H25ClN2O2S/c1-15-12-16(2)21(17(3)13-15)14-28-25-23(20-6-4-5-7-22(20)32-25)24(30)29(26(28)31)19-10-8-18(27)9-11-19/h8-13H,4-7,14H2,1-3H3. The highest BCUT2D eigenvalue weighted by atomic mass is 35.5. The zero-order chi connectivity index (χ0) is 22.6. The van der Waals surface area contributed by atoms with Crippen molar-refractivity contribution in [2.24, 2.45) is 0 Å². The normalized spacial score (nSPS) is 13.5. The van der Waals surface area contributed by atoms with Crippen LogP contribution in [-0.4, -0.2) is 9.13 Å². The van der Waals surface area contributed by atoms with Gasteiger partial charge in [0.1, 0.15) is 4.83 Å². The third-order valence-electron chi connectivity index (χ3n) is 6.48. The molecule has 2 aromatic heterocycles. The number of halogens is 1. The van der Waals surface area contributed by atoms with Crippen LogP contribution in [0.2, 0.25) is 5.02 Å². The highest BCUT2D eigenvalue weighted by molar-refractivity contribution is 7.18. The molecule has 0 atom stereocenters. The molecule has 4 nitrogen and oxygen atoms in total. The van der Waals surface area contributed by atoms with E-state index in [1.807, 2.05) is 0 Å². The Bertz CT molecular complexity index is 1450. The first-order valence-corrected chi connectivity index (χ1v) is 12.2. The molecule has 2 heterocycles. The van der Waals surface area contributed by atoms with Crippen molar-refractivity contribution in [2.45, 2.75) is 53.0 Å². The Morgan fingerprint density at radius 1 is 0.969 bits per heavy atom. The molecule has 0 N–H and O–H groups in total. The minimum atomic E-state index is -0.303. The zero-order valence-corrected chi connectivity index (χ0v) is 20.1. The maximum Gasteiger partial charge on any atom is 0.337 e. The average molecular weight is 465 g/mol. The van der Waals surface area contributed by atoms with E-state index in [0.717, 1.165) is 52.8 Å². The Kier molecular flexibility index (Phi) is 5.34. The summed E-state index contributed by atoms with van der Waals surface area (Å²) in [6, 6.07) is 11.2. The Labute approximate surface area is 195 Å². The first kappa shape index (κ1) is 21.2. The van der Waals surface area contributed by atoms with E-state index in [0.29, 0.717) is 22.6 Å². The SMILES string of the molecule is Cc1cc(C)c(Cn2c(=O)n(-c3ccc(Cl)cc3)c(=O)c3c4c(sc32)CCCC4)c(C)c1. The molecule has 2 aromatic carbocycles. The zero-order valence-electron chi connectivity index (χ0n) is 18.5. The highest BCUT2D eigenvalue weighted by Crippen LogP contribution is 2.35. The second-order valence-electron chi connectivity index (χ2n) is 8.75. The Balaban J connectivity index is 1.84. The second-order valence-corrected chi connectivity index (χ2v) is 10.3. The quantitative estimate of drug-likeness (QED) is 0.389. The van der Waals surface area contributed by atoms with Gasteiger partial charge in [-0.15, -0.1) is 11.3 Å². The van der Waals surface area contributed by atoms with Crippen LogP contribution in [0.25, 0.3) is 15.9 Å². The molecular formula is C26H25ClN2O2S. The maximum absolute atomic E-state index is 13.8. The topological polar surface area (TPSA) is 44.0 Å². The molecule has 5 rings (SSSR count). The molecule has 0 fully saturated rings. The van der Waals surface area contributed by atoms with E-state index in [2.05, 4.69) is 32.9 Å². The number of fused-ring (bicyclic) bond motifs is 3. The summed E-state index contributed by atoms with van der Waals surface area (Å²) in [5, 5.41) is 1.28. The van der Waals surface area contributed by atoms with Crippen LogP contribution in [0, 0.1) is 20.8 Å². The van der Waals surface area contributed by atoms with Gasteiger partial charge in [0.25, 0.3) is 5.56 Å². The minimum Gasteiger partial charge on any atom is -0.279 e. The van der Waals surface area contributed by atoms with Crippen molar-refractivity contribution in [3.63, 3.8) is 0 Å². The maximum atomic E-state index is 13.8. The van der Waals surface area contributed by atoms with Crippen LogP contribution < -0.4 is 11.2 Å². The minimum absolute atomic E-state index is 0.222. The largest absolute Gasteiger partial charge is 0.337 e. The van der Waals surface area contributed by atoms with Crippen molar-refractivity contribution in [3.8, 4) is 5.69 Å². The van der Waals surface area contributed by atoms with Crippen LogP contribution >= 0.6 is 22.9 Å². The van der Waals surface area contributed by atoms with Gasteiger partial charge in [-0.2, -0.15) is 0 Å². The first-order chi connectivity index (χ1) is 15.3. The van der Waals surface area contributed by atoms with E-state index >= 15 is 0 Å². The van der Waals surface area contributed by atoms with Crippen LogP contribution in [0.15, 0.2) is 46.0 Å². The van der Waals surface area contributed by atoms with E-state index in [-0.39, 0.29) is 11.2 Å². The lowest BCUT2D eigenvalue weighted by Gasteiger charge is -2.16. The van der Waals surface area contributed by atoms with Gasteiger partial charge in [-0.25, -0.2) is 9.36 Å². The molecule has 1 aliphatic rings. The fourth-order valence-corrected chi connectivity index (χ4v) is 6.44. The number of hydrogen-bond donors (Lipinski definition) is 0. The van der Waals surface area contributed by atoms with Gasteiger partial charge < -0.3 is 0 Å². The van der Waals surface area contributed by atoms with Gasteiger partial charge in [0, 0.05) is 9.90 Å². The van der Waals surface area contributed by atoms with E-state index in [4.69, 9.17) is 11.6 Å². The van der Waals surface area contributed by atoms with Crippen LogP contribution in [0.4, 0.5) is 0 Å². The Hall–Kier alpha value is -2.63. The van der Waals surface area contributed by atoms with Gasteiger partial charge in [0.15, 0.2) is 0 Å². The molecule has 0 saturated heterocycles. The fraction of sp³-hybridized carbons (Fsp3) is 0.308. The van der Waals surface area contributed by atoms with Crippen molar-refractivity contribution in [1.82, 2.24) is 9.13 Å². The summed E-state index contributed by atoms with van der Waals surface area (Å²) < 4.78 is 3.12. The molecule has 0 amide bonds. The van der Waals surface area contributed by atoms with Gasteiger partial charge in [0.05, 0.1) is 17.6 Å². The number of rotatable bonds is 3. The van der Waals surface area contributed by atoms with E-state index < -0.39 is 0 Å². The van der Waals surface area contributed by atoms with E-state index in [1.165, 1.54) is 15.0 Å². The Morgan fingerprint density at radius 2 is 1.62 bits per heavy atom. The number of nitrogens with zero attached hydrogens (tertiary/aromatic N) is 2. The molecular weight excluding hydrogens is 440 g/mol. The molecule has 32 heavy (non-hydrogen) atoms. The summed E-state index contributed by atoms with van der Waals surface area (Å²) in [6.45, 7) is 6.71. The highest BCUT2D eigenvalue weighted by Gasteiger charge is 2.24. The summed E-state index contributed by atoms with van der Waals surface area (Å²) >= 11 is 7.69. The van der Waals surface area contributed by atoms with Gasteiger partial charge in [-0.05, 0) is 93.0 Å². The number of benzene rings is 2. The average Bonchev–Trinajstić information content (AvgIpc) is 3.13. The number of aromatic nitrogens is 2. The lowest BCUT2D eigenvalue weighted by atomic mass is 9.97. The first-order valence-electron chi connectivity index (χ1n) is 11.0. The molecule has 0 unspecified atom stereocenters. The molecule has 0 spiro atoms. The van der Waals surface area contributed by atoms with Crippen molar-refractivity contribution in [2.75, 3.05) is 0 Å². The van der Waals surface area contributed by atoms with E-state index in [1.54, 1.807) is 40.2 Å². The summed E-state index contributed by atoms with van der Waals surface area (Å²) in [5.74, 6) is 0. The van der Waals surface area contributed by atoms with Gasteiger partial charge >= 0.3 is 5.69 Å². The summed E-state index contributed by atoms with van der Waals surface area (Å²) in [4.78, 5) is 29.5. The smallest absolute Gasteiger partial charge is 0.279 e. The predicted molar refractivity (Wildman–Crippen MR) is 133 cm³/mol. The van der Waals surface area contributed by atoms with Gasteiger partial charge in [-0.1, -0.05) is 29.3 Å². The van der Waals surface area contributed by atoms with Crippen LogP contribution in [0.3, 0.4) is 0 Å². The monoisotopic (exact) mass is 464 g/mol. The fourth-order valence-electron chi connectivity index (χ4n) is 4.94. The lowest BCUT2D eigenvalue weighted by molar-refractivity contribution is 0.695. The van der Waals surface area contributed by atoms with Crippen molar-refractivity contribution >= 4 is 33.2 Å². The summed E-state index contributed by atoms with van der Waals surface area (Å²) in [6.07, 6.45) is 4.08. The second kappa shape index (κ2) is 8.05. The molecule has 0 radical (unpaired) electrons. The Morgan fingerprint density at radius 3 is 2.31 bits per heavy atom. The molecule has 6 heteroatoms. The molecule has 0 aliphatic heterocycles. The van der Waals surface area contributed by atoms with E-state index in [9.17, 15) is 9.59 Å². The van der Waals surface area contributed by atoms with Crippen molar-refractivity contribution < 1.29 is 0 Å². The molecule has 164 valence electrons. The van der Waals surface area contributed by atoms with Crippen LogP contribution in [0.5, 0.6) is 0 Å². The predicted octanol–water partition coefficient (Wildman–Crippen LogP) is 5.72. The summed E-state index contributed by atoms with van der Waals surface area (Å²) in [5.41, 5.74) is 5.82. The molecule has 0 saturated carbocycles. The van der Waals surface area contributed by atoms with Crippen molar-refractivity contribution in [1.29, 1.82) is 0 Å². The summed E-state index contributed by atoms with van der Waals surface area (Å²) in [7, 11) is 0. The van der Waals surface area contributed by atoms with Crippen LogP contribution in [-0.2, 0) is 19.4 Å². The molecule has 4 aromatic rings. The number of aryl methyl sites for hydroxylation is 5. The number of hydrogen-bond acceptors (Lipinski definition) is 3. The lowest BCUT2D eigenvalue weighted by Crippen LogP contribution is -2.39. The third-order valence-corrected chi connectivity index (χ3v) is 8.05.